The summed E-state index contributed by atoms with van der Waals surface area (Å²) in [5.41, 5.74) is 0.543. The Morgan fingerprint density at radius 2 is 1.47 bits per heavy atom. The summed E-state index contributed by atoms with van der Waals surface area (Å²) < 4.78 is 0. The Bertz CT molecular complexity index is 702. The van der Waals surface area contributed by atoms with Gasteiger partial charge in [0.05, 0.1) is 12.2 Å². The van der Waals surface area contributed by atoms with Gasteiger partial charge in [0.25, 0.3) is 0 Å². The van der Waals surface area contributed by atoms with E-state index in [0.717, 1.165) is 37.1 Å². The van der Waals surface area contributed by atoms with Gasteiger partial charge >= 0.3 is 0 Å². The third-order valence-corrected chi connectivity index (χ3v) is 12.4. The predicted molar refractivity (Wildman–Crippen MR) is 138 cm³/mol. The fourth-order valence-electron chi connectivity index (χ4n) is 10.7. The molecule has 9 atom stereocenters. The van der Waals surface area contributed by atoms with Gasteiger partial charge in [-0.05, 0) is 132 Å². The molecule has 6 aliphatic rings. The van der Waals surface area contributed by atoms with Gasteiger partial charge < -0.3 is 15.1 Å². The number of rotatable bonds is 3. The number of hydrogen-bond donors (Lipinski definition) is 2. The van der Waals surface area contributed by atoms with Crippen molar-refractivity contribution in [2.24, 2.45) is 34.5 Å². The molecule has 194 valence electrons. The molecule has 0 aromatic rings. The number of aliphatic hydroxyl groups is 2. The molecule has 4 aliphatic carbocycles. The molecule has 0 spiro atoms. The van der Waals surface area contributed by atoms with Crippen molar-refractivity contribution in [3.63, 3.8) is 0 Å². The number of aliphatic hydroxyl groups excluding tert-OH is 2. The fourth-order valence-corrected chi connectivity index (χ4v) is 10.7. The molecule has 0 radical (unpaired) electrons. The minimum Gasteiger partial charge on any atom is -0.392 e. The van der Waals surface area contributed by atoms with Gasteiger partial charge in [0.15, 0.2) is 0 Å². The van der Waals surface area contributed by atoms with Crippen LogP contribution in [-0.4, -0.2) is 71.0 Å². The molecular formula is C30H52N2O2. The molecular weight excluding hydrogens is 420 g/mol. The lowest BCUT2D eigenvalue weighted by Crippen LogP contribution is -2.61. The molecule has 2 aliphatic heterocycles. The number of piperidine rings is 1. The Morgan fingerprint density at radius 3 is 2.24 bits per heavy atom. The number of nitrogens with zero attached hydrogens (tertiary/aromatic N) is 2. The molecule has 34 heavy (non-hydrogen) atoms. The van der Waals surface area contributed by atoms with Crippen LogP contribution in [0.1, 0.15) is 103 Å². The van der Waals surface area contributed by atoms with E-state index in [-0.39, 0.29) is 17.6 Å². The topological polar surface area (TPSA) is 46.9 Å². The van der Waals surface area contributed by atoms with E-state index in [2.05, 4.69) is 16.7 Å². The summed E-state index contributed by atoms with van der Waals surface area (Å²) in [6.07, 6.45) is 19.1. The van der Waals surface area contributed by atoms with Crippen molar-refractivity contribution in [1.29, 1.82) is 0 Å². The lowest BCUT2D eigenvalue weighted by Gasteiger charge is -2.63. The number of fused-ring (bicyclic) bond motifs is 5. The van der Waals surface area contributed by atoms with E-state index in [4.69, 9.17) is 0 Å². The first-order valence-electron chi connectivity index (χ1n) is 15.3. The summed E-state index contributed by atoms with van der Waals surface area (Å²) >= 11 is 0. The van der Waals surface area contributed by atoms with Crippen LogP contribution >= 0.6 is 0 Å². The molecule has 4 saturated carbocycles. The summed E-state index contributed by atoms with van der Waals surface area (Å²) in [6, 6.07) is 0.387. The average molecular weight is 473 g/mol. The predicted octanol–water partition coefficient (Wildman–Crippen LogP) is 5.07. The maximum atomic E-state index is 11.4. The van der Waals surface area contributed by atoms with Crippen LogP contribution in [0.5, 0.6) is 0 Å². The maximum absolute atomic E-state index is 11.4. The van der Waals surface area contributed by atoms with Gasteiger partial charge in [-0.15, -0.1) is 0 Å². The summed E-state index contributed by atoms with van der Waals surface area (Å²) in [6.45, 7) is 8.71. The average Bonchev–Trinajstić information content (AvgIpc) is 2.99. The third-order valence-electron chi connectivity index (χ3n) is 12.4. The summed E-state index contributed by atoms with van der Waals surface area (Å²) in [4.78, 5) is 5.43. The largest absolute Gasteiger partial charge is 0.392 e. The van der Waals surface area contributed by atoms with E-state index in [1.54, 1.807) is 0 Å². The van der Waals surface area contributed by atoms with Gasteiger partial charge in [0.1, 0.15) is 0 Å². The molecule has 6 rings (SSSR count). The van der Waals surface area contributed by atoms with Gasteiger partial charge in [-0.25, -0.2) is 0 Å². The van der Waals surface area contributed by atoms with Gasteiger partial charge in [-0.2, -0.15) is 0 Å². The fraction of sp³-hybridized carbons (Fsp3) is 1.00. The molecule has 6 fully saturated rings. The van der Waals surface area contributed by atoms with Crippen LogP contribution in [0.25, 0.3) is 0 Å². The van der Waals surface area contributed by atoms with E-state index >= 15 is 0 Å². The molecule has 2 heterocycles. The number of hydrogen-bond acceptors (Lipinski definition) is 4. The van der Waals surface area contributed by atoms with Crippen molar-refractivity contribution in [2.75, 3.05) is 32.7 Å². The van der Waals surface area contributed by atoms with Gasteiger partial charge in [0.2, 0.25) is 0 Å². The lowest BCUT2D eigenvalue weighted by molar-refractivity contribution is -0.161. The molecule has 4 unspecified atom stereocenters. The SMILES string of the molecule is C[C@]12CC(N3CCCCC3)C(O)CC1CC[C@H]1[C@@H]3CCC(O)[C@@]3(CN3CCCCCC3)CC[C@@H]12. The van der Waals surface area contributed by atoms with Crippen molar-refractivity contribution in [3.05, 3.63) is 0 Å². The van der Waals surface area contributed by atoms with Crippen LogP contribution in [0.15, 0.2) is 0 Å². The zero-order valence-corrected chi connectivity index (χ0v) is 22.0. The van der Waals surface area contributed by atoms with Crippen LogP contribution in [0, 0.1) is 34.5 Å². The van der Waals surface area contributed by atoms with Crippen LogP contribution in [0.2, 0.25) is 0 Å². The van der Waals surface area contributed by atoms with Crippen LogP contribution in [0.3, 0.4) is 0 Å². The van der Waals surface area contributed by atoms with Crippen molar-refractivity contribution in [1.82, 2.24) is 9.80 Å². The Balaban J connectivity index is 1.23. The second-order valence-electron chi connectivity index (χ2n) is 13.9. The van der Waals surface area contributed by atoms with Crippen molar-refractivity contribution < 1.29 is 10.2 Å². The van der Waals surface area contributed by atoms with Crippen LogP contribution in [-0.2, 0) is 0 Å². The first kappa shape index (κ1) is 24.2. The Labute approximate surface area is 208 Å². The highest BCUT2D eigenvalue weighted by Gasteiger charge is 2.62. The van der Waals surface area contributed by atoms with E-state index in [1.807, 2.05) is 0 Å². The third kappa shape index (κ3) is 4.02. The molecule has 0 aromatic heterocycles. The highest BCUT2D eigenvalue weighted by Crippen LogP contribution is 2.66. The quantitative estimate of drug-likeness (QED) is 0.602. The maximum Gasteiger partial charge on any atom is 0.0698 e. The minimum absolute atomic E-state index is 0.0819. The van der Waals surface area contributed by atoms with Crippen LogP contribution < -0.4 is 0 Å². The Kier molecular flexibility index (Phi) is 6.84. The molecule has 2 N–H and O–H groups in total. The van der Waals surface area contributed by atoms with Crippen molar-refractivity contribution in [3.8, 4) is 0 Å². The van der Waals surface area contributed by atoms with Crippen LogP contribution in [0.4, 0.5) is 0 Å². The zero-order chi connectivity index (χ0) is 23.3. The highest BCUT2D eigenvalue weighted by molar-refractivity contribution is 5.13. The normalized spacial score (nSPS) is 50.7. The molecule has 0 aromatic carbocycles. The molecule has 4 nitrogen and oxygen atoms in total. The van der Waals surface area contributed by atoms with Crippen molar-refractivity contribution in [2.45, 2.75) is 121 Å². The van der Waals surface area contributed by atoms with Crippen molar-refractivity contribution >= 4 is 0 Å². The molecule has 0 bridgehead atoms. The minimum atomic E-state index is -0.119. The summed E-state index contributed by atoms with van der Waals surface area (Å²) in [7, 11) is 0. The first-order valence-corrected chi connectivity index (χ1v) is 15.3. The first-order chi connectivity index (χ1) is 16.5. The Morgan fingerprint density at radius 1 is 0.765 bits per heavy atom. The summed E-state index contributed by atoms with van der Waals surface area (Å²) in [5.74, 6) is 3.03. The molecule has 2 saturated heterocycles. The summed E-state index contributed by atoms with van der Waals surface area (Å²) in [5, 5.41) is 22.7. The standard InChI is InChI=1S/C30H52N2O2/c1-29-20-26(32-17-7-4-8-18-32)27(33)19-22(29)9-10-23-24(29)13-14-30(25(23)11-12-28(30)34)21-31-15-5-2-3-6-16-31/h22-28,33-34H,2-21H2,1H3/t22?,23-,24+,25+,26?,27?,28?,29+,30-/m1/s1. The van der Waals surface area contributed by atoms with Gasteiger partial charge in [-0.3, -0.25) is 4.90 Å². The second kappa shape index (κ2) is 9.62. The number of likely N-dealkylation sites (tertiary alicyclic amines) is 2. The van der Waals surface area contributed by atoms with E-state index in [1.165, 1.54) is 110 Å². The van der Waals surface area contributed by atoms with Gasteiger partial charge in [0, 0.05) is 18.0 Å². The van der Waals surface area contributed by atoms with E-state index in [0.29, 0.717) is 17.4 Å². The van der Waals surface area contributed by atoms with Gasteiger partial charge in [-0.1, -0.05) is 26.2 Å². The monoisotopic (exact) mass is 472 g/mol. The van der Waals surface area contributed by atoms with E-state index in [9.17, 15) is 10.2 Å². The molecule has 4 heteroatoms. The van der Waals surface area contributed by atoms with E-state index < -0.39 is 0 Å². The molecule has 0 amide bonds. The smallest absolute Gasteiger partial charge is 0.0698 e. The lowest BCUT2D eigenvalue weighted by atomic mass is 9.44. The highest BCUT2D eigenvalue weighted by atomic mass is 16.3. The zero-order valence-electron chi connectivity index (χ0n) is 22.0. The Hall–Kier alpha value is -0.160. The second-order valence-corrected chi connectivity index (χ2v) is 13.9.